The molecule has 0 amide bonds. The van der Waals surface area contributed by atoms with Crippen LogP contribution in [0.3, 0.4) is 0 Å². The Kier molecular flexibility index (Phi) is 7.44. The first kappa shape index (κ1) is 21.2. The van der Waals surface area contributed by atoms with Crippen molar-refractivity contribution in [2.75, 3.05) is 20.0 Å². The van der Waals surface area contributed by atoms with Crippen LogP contribution in [-0.4, -0.2) is 25.5 Å². The van der Waals surface area contributed by atoms with Crippen molar-refractivity contribution in [2.24, 2.45) is 0 Å². The third-order valence-electron chi connectivity index (χ3n) is 5.80. The molecule has 0 aliphatic carbocycles. The molecule has 1 heterocycles. The molecule has 0 saturated carbocycles. The minimum Gasteiger partial charge on any atom is -0.496 e. The van der Waals surface area contributed by atoms with E-state index in [0.717, 1.165) is 23.5 Å². The molecule has 0 bridgehead atoms. The summed E-state index contributed by atoms with van der Waals surface area (Å²) in [5, 5.41) is 4.09. The first-order chi connectivity index (χ1) is 13.7. The lowest BCUT2D eigenvalue weighted by atomic mass is 9.87. The molecular weight excluding hydrogens is 366 g/mol. The van der Waals surface area contributed by atoms with Crippen LogP contribution in [0.2, 0.25) is 0 Å². The third kappa shape index (κ3) is 4.56. The number of unbranched alkanes of at least 4 members (excludes halogenated alkanes) is 1. The molecule has 3 nitrogen and oxygen atoms in total. The predicted molar refractivity (Wildman–Crippen MR) is 118 cm³/mol. The second-order valence-electron chi connectivity index (χ2n) is 7.65. The normalized spacial score (nSPS) is 21.8. The van der Waals surface area contributed by atoms with Crippen LogP contribution < -0.4 is 10.1 Å². The summed E-state index contributed by atoms with van der Waals surface area (Å²) >= 11 is 1.96. The van der Waals surface area contributed by atoms with Gasteiger partial charge in [0.1, 0.15) is 5.75 Å². The lowest BCUT2D eigenvalue weighted by molar-refractivity contribution is 0.181. The zero-order valence-corrected chi connectivity index (χ0v) is 18.4. The van der Waals surface area contributed by atoms with Crippen molar-refractivity contribution in [3.63, 3.8) is 0 Å². The summed E-state index contributed by atoms with van der Waals surface area (Å²) in [6.45, 7) is 5.15. The summed E-state index contributed by atoms with van der Waals surface area (Å²) in [6, 6.07) is 15.5. The number of methoxy groups -OCH3 is 2. The summed E-state index contributed by atoms with van der Waals surface area (Å²) in [4.78, 5) is 1.31. The molecule has 4 heteroatoms. The van der Waals surface area contributed by atoms with E-state index in [0.29, 0.717) is 6.61 Å². The van der Waals surface area contributed by atoms with Gasteiger partial charge in [0.2, 0.25) is 0 Å². The van der Waals surface area contributed by atoms with E-state index in [4.69, 9.17) is 9.47 Å². The minimum absolute atomic E-state index is 0.134. The first-order valence-electron chi connectivity index (χ1n) is 10.3. The molecule has 2 aromatic carbocycles. The second kappa shape index (κ2) is 9.82. The number of ether oxygens (including phenoxy) is 2. The lowest BCUT2D eigenvalue weighted by Gasteiger charge is -2.36. The smallest absolute Gasteiger partial charge is 0.125 e. The van der Waals surface area contributed by atoms with Crippen molar-refractivity contribution in [1.82, 2.24) is 5.32 Å². The summed E-state index contributed by atoms with van der Waals surface area (Å²) < 4.78 is 11.1. The lowest BCUT2D eigenvalue weighted by Crippen LogP contribution is -2.48. The highest BCUT2D eigenvalue weighted by atomic mass is 32.2. The molecule has 3 rings (SSSR count). The van der Waals surface area contributed by atoms with E-state index in [2.05, 4.69) is 61.6 Å². The molecule has 2 atom stereocenters. The standard InChI is InChI=1S/C24H33NO2S/c1-5-7-13-24(6-2)17-28-22-15-21(27-4)19(16-26-3)14-20(22)23(25-24)18-11-9-8-10-12-18/h8-12,14-15,23,25H,5-7,13,16-17H2,1-4H3/t23-,24+/m0/s1. The van der Waals surface area contributed by atoms with Crippen molar-refractivity contribution in [1.29, 1.82) is 0 Å². The highest BCUT2D eigenvalue weighted by Crippen LogP contribution is 2.43. The Hall–Kier alpha value is -1.49. The monoisotopic (exact) mass is 399 g/mol. The second-order valence-corrected chi connectivity index (χ2v) is 8.67. The van der Waals surface area contributed by atoms with E-state index >= 15 is 0 Å². The van der Waals surface area contributed by atoms with Gasteiger partial charge in [-0.2, -0.15) is 0 Å². The van der Waals surface area contributed by atoms with E-state index in [1.807, 2.05) is 11.8 Å². The fraction of sp³-hybridized carbons (Fsp3) is 0.500. The van der Waals surface area contributed by atoms with E-state index < -0.39 is 0 Å². The van der Waals surface area contributed by atoms with Crippen molar-refractivity contribution in [2.45, 2.75) is 62.6 Å². The van der Waals surface area contributed by atoms with Gasteiger partial charge in [0.15, 0.2) is 0 Å². The SMILES string of the molecule is CCCC[C@]1(CC)CSc2cc(OC)c(COC)cc2[C@H](c2ccccc2)N1. The predicted octanol–water partition coefficient (Wildman–Crippen LogP) is 5.97. The summed E-state index contributed by atoms with van der Waals surface area (Å²) in [5.41, 5.74) is 3.88. The topological polar surface area (TPSA) is 30.5 Å². The van der Waals surface area contributed by atoms with E-state index in [9.17, 15) is 0 Å². The van der Waals surface area contributed by atoms with Gasteiger partial charge in [-0.3, -0.25) is 5.32 Å². The highest BCUT2D eigenvalue weighted by Gasteiger charge is 2.36. The van der Waals surface area contributed by atoms with Gasteiger partial charge in [0, 0.05) is 28.9 Å². The highest BCUT2D eigenvalue weighted by molar-refractivity contribution is 7.99. The molecule has 0 fully saturated rings. The van der Waals surface area contributed by atoms with Crippen LogP contribution in [0.15, 0.2) is 47.4 Å². The fourth-order valence-corrected chi connectivity index (χ4v) is 5.42. The van der Waals surface area contributed by atoms with Gasteiger partial charge in [0.05, 0.1) is 19.8 Å². The van der Waals surface area contributed by atoms with Gasteiger partial charge in [-0.15, -0.1) is 11.8 Å². The van der Waals surface area contributed by atoms with Gasteiger partial charge in [0.25, 0.3) is 0 Å². The maximum atomic E-state index is 5.68. The Bertz CT molecular complexity index is 765. The van der Waals surface area contributed by atoms with Gasteiger partial charge in [-0.1, -0.05) is 57.0 Å². The van der Waals surface area contributed by atoms with E-state index in [-0.39, 0.29) is 11.6 Å². The average molecular weight is 400 g/mol. The molecule has 28 heavy (non-hydrogen) atoms. The fourth-order valence-electron chi connectivity index (χ4n) is 4.02. The van der Waals surface area contributed by atoms with E-state index in [1.165, 1.54) is 35.3 Å². The van der Waals surface area contributed by atoms with Gasteiger partial charge in [-0.05, 0) is 36.1 Å². The molecule has 1 aliphatic rings. The Morgan fingerprint density at radius 1 is 1.14 bits per heavy atom. The molecule has 0 saturated heterocycles. The quantitative estimate of drug-likeness (QED) is 0.593. The van der Waals surface area contributed by atoms with Crippen molar-refractivity contribution in [3.8, 4) is 5.75 Å². The number of hydrogen-bond donors (Lipinski definition) is 1. The molecule has 0 spiro atoms. The van der Waals surface area contributed by atoms with Crippen LogP contribution in [0.4, 0.5) is 0 Å². The number of nitrogens with one attached hydrogen (secondary N) is 1. The molecule has 0 unspecified atom stereocenters. The Labute approximate surface area is 174 Å². The van der Waals surface area contributed by atoms with E-state index in [1.54, 1.807) is 14.2 Å². The van der Waals surface area contributed by atoms with Crippen LogP contribution in [0.25, 0.3) is 0 Å². The van der Waals surface area contributed by atoms with Gasteiger partial charge < -0.3 is 9.47 Å². The number of thioether (sulfide) groups is 1. The zero-order chi connectivity index (χ0) is 20.0. The molecule has 0 radical (unpaired) electrons. The number of fused-ring (bicyclic) bond motifs is 1. The van der Waals surface area contributed by atoms with Crippen LogP contribution in [-0.2, 0) is 11.3 Å². The van der Waals surface area contributed by atoms with Gasteiger partial charge >= 0.3 is 0 Å². The minimum atomic E-state index is 0.134. The maximum absolute atomic E-state index is 5.68. The Balaban J connectivity index is 2.10. The summed E-state index contributed by atoms with van der Waals surface area (Å²) in [7, 11) is 3.48. The molecular formula is C24H33NO2S. The van der Waals surface area contributed by atoms with Crippen LogP contribution in [0.1, 0.15) is 62.3 Å². The molecule has 1 N–H and O–H groups in total. The number of benzene rings is 2. The first-order valence-corrected chi connectivity index (χ1v) is 11.3. The van der Waals surface area contributed by atoms with Crippen molar-refractivity contribution < 1.29 is 9.47 Å². The zero-order valence-electron chi connectivity index (χ0n) is 17.6. The Morgan fingerprint density at radius 2 is 1.93 bits per heavy atom. The van der Waals surface area contributed by atoms with Gasteiger partial charge in [-0.25, -0.2) is 0 Å². The maximum Gasteiger partial charge on any atom is 0.125 e. The summed E-state index contributed by atoms with van der Waals surface area (Å²) in [5.74, 6) is 1.99. The van der Waals surface area contributed by atoms with Crippen LogP contribution in [0, 0.1) is 0 Å². The number of hydrogen-bond acceptors (Lipinski definition) is 4. The average Bonchev–Trinajstić information content (AvgIpc) is 2.90. The molecule has 152 valence electrons. The van der Waals surface area contributed by atoms with Crippen LogP contribution >= 0.6 is 11.8 Å². The van der Waals surface area contributed by atoms with Crippen LogP contribution in [0.5, 0.6) is 5.75 Å². The molecule has 0 aromatic heterocycles. The van der Waals surface area contributed by atoms with Crippen molar-refractivity contribution >= 4 is 11.8 Å². The summed E-state index contributed by atoms with van der Waals surface area (Å²) in [6.07, 6.45) is 4.80. The molecule has 1 aliphatic heterocycles. The largest absolute Gasteiger partial charge is 0.496 e. The third-order valence-corrected chi connectivity index (χ3v) is 7.16. The molecule has 2 aromatic rings. The Morgan fingerprint density at radius 3 is 2.57 bits per heavy atom. The number of rotatable bonds is 8. The van der Waals surface area contributed by atoms with Crippen molar-refractivity contribution in [3.05, 3.63) is 59.2 Å².